The molecule has 0 spiro atoms. The average molecular weight is 262 g/mol. The van der Waals surface area contributed by atoms with Gasteiger partial charge in [-0.25, -0.2) is 4.79 Å². The molecule has 5 nitrogen and oxygen atoms in total. The van der Waals surface area contributed by atoms with Gasteiger partial charge in [-0.3, -0.25) is 4.79 Å². The number of rotatable bonds is 6. The third-order valence-electron chi connectivity index (χ3n) is 2.44. The lowest BCUT2D eigenvalue weighted by Crippen LogP contribution is -2.26. The van der Waals surface area contributed by atoms with E-state index >= 15 is 0 Å². The first-order valence-corrected chi connectivity index (χ1v) is 5.89. The predicted molar refractivity (Wildman–Crippen MR) is 74.3 cm³/mol. The Hall–Kier alpha value is -2.30. The summed E-state index contributed by atoms with van der Waals surface area (Å²) < 4.78 is 5.02. The first-order valence-electron chi connectivity index (χ1n) is 5.89. The molecule has 0 aromatic heterocycles. The van der Waals surface area contributed by atoms with Gasteiger partial charge in [0.1, 0.15) is 6.61 Å². The quantitative estimate of drug-likeness (QED) is 0.475. The van der Waals surface area contributed by atoms with Crippen molar-refractivity contribution in [2.45, 2.75) is 0 Å². The summed E-state index contributed by atoms with van der Waals surface area (Å²) in [4.78, 5) is 24.5. The first kappa shape index (κ1) is 14.8. The maximum Gasteiger partial charge on any atom is 0.338 e. The molecule has 19 heavy (non-hydrogen) atoms. The maximum absolute atomic E-state index is 11.7. The van der Waals surface area contributed by atoms with Gasteiger partial charge in [-0.05, 0) is 30.3 Å². The summed E-state index contributed by atoms with van der Waals surface area (Å²) in [5, 5.41) is 2.52. The van der Waals surface area contributed by atoms with Crippen molar-refractivity contribution in [1.29, 1.82) is 0 Å². The van der Waals surface area contributed by atoms with Crippen molar-refractivity contribution in [1.82, 2.24) is 5.32 Å². The molecule has 0 unspecified atom stereocenters. The topological polar surface area (TPSA) is 58.6 Å². The maximum atomic E-state index is 11.7. The van der Waals surface area contributed by atoms with Crippen LogP contribution in [-0.4, -0.2) is 39.1 Å². The smallest absolute Gasteiger partial charge is 0.338 e. The van der Waals surface area contributed by atoms with Crippen molar-refractivity contribution in [2.75, 3.05) is 32.1 Å². The molecule has 102 valence electrons. The zero-order valence-corrected chi connectivity index (χ0v) is 11.2. The van der Waals surface area contributed by atoms with Crippen LogP contribution in [-0.2, 0) is 9.53 Å². The molecule has 0 atom stereocenters. The molecule has 1 N–H and O–H groups in total. The Morgan fingerprint density at radius 3 is 2.47 bits per heavy atom. The molecule has 0 aliphatic heterocycles. The predicted octanol–water partition coefficient (Wildman–Crippen LogP) is 1.21. The van der Waals surface area contributed by atoms with Gasteiger partial charge in [-0.1, -0.05) is 6.58 Å². The van der Waals surface area contributed by atoms with E-state index < -0.39 is 5.97 Å². The highest BCUT2D eigenvalue weighted by Crippen LogP contribution is 2.12. The number of ether oxygens (including phenoxy) is 1. The van der Waals surface area contributed by atoms with E-state index in [4.69, 9.17) is 4.74 Å². The number of hydrogen-bond acceptors (Lipinski definition) is 4. The lowest BCUT2D eigenvalue weighted by Gasteiger charge is -2.12. The highest BCUT2D eigenvalue weighted by molar-refractivity contribution is 5.90. The normalized spacial score (nSPS) is 9.58. The monoisotopic (exact) mass is 262 g/mol. The van der Waals surface area contributed by atoms with Crippen molar-refractivity contribution in [3.05, 3.63) is 42.5 Å². The van der Waals surface area contributed by atoms with E-state index in [1.54, 1.807) is 12.1 Å². The molecular weight excluding hydrogens is 244 g/mol. The van der Waals surface area contributed by atoms with Crippen molar-refractivity contribution >= 4 is 17.6 Å². The van der Waals surface area contributed by atoms with Crippen LogP contribution in [0.1, 0.15) is 10.4 Å². The number of amides is 1. The van der Waals surface area contributed by atoms with E-state index in [1.165, 1.54) is 6.08 Å². The standard InChI is InChI=1S/C14H18N2O3/c1-4-13(17)15-9-10-19-14(18)11-5-7-12(8-6-11)16(2)3/h4-8H,1,9-10H2,2-3H3,(H,15,17). The van der Waals surface area contributed by atoms with Crippen LogP contribution in [0.5, 0.6) is 0 Å². The molecule has 1 aromatic rings. The van der Waals surface area contributed by atoms with Gasteiger partial charge >= 0.3 is 5.97 Å². The molecule has 1 aromatic carbocycles. The fourth-order valence-electron chi connectivity index (χ4n) is 1.37. The van der Waals surface area contributed by atoms with Crippen LogP contribution in [0.3, 0.4) is 0 Å². The fraction of sp³-hybridized carbons (Fsp3) is 0.286. The Balaban J connectivity index is 2.41. The van der Waals surface area contributed by atoms with Crippen molar-refractivity contribution in [3.8, 4) is 0 Å². The van der Waals surface area contributed by atoms with E-state index in [9.17, 15) is 9.59 Å². The number of anilines is 1. The third-order valence-corrected chi connectivity index (χ3v) is 2.44. The van der Waals surface area contributed by atoms with Crippen LogP contribution in [0.4, 0.5) is 5.69 Å². The molecule has 0 radical (unpaired) electrons. The zero-order valence-electron chi connectivity index (χ0n) is 11.2. The minimum absolute atomic E-state index is 0.133. The number of benzene rings is 1. The van der Waals surface area contributed by atoms with Crippen LogP contribution < -0.4 is 10.2 Å². The Bertz CT molecular complexity index is 452. The Morgan fingerprint density at radius 1 is 1.32 bits per heavy atom. The van der Waals surface area contributed by atoms with Crippen molar-refractivity contribution in [2.24, 2.45) is 0 Å². The molecule has 1 rings (SSSR count). The van der Waals surface area contributed by atoms with Crippen molar-refractivity contribution < 1.29 is 14.3 Å². The average Bonchev–Trinajstić information content (AvgIpc) is 2.43. The molecule has 5 heteroatoms. The molecule has 1 amide bonds. The zero-order chi connectivity index (χ0) is 14.3. The van der Waals surface area contributed by atoms with Crippen LogP contribution >= 0.6 is 0 Å². The number of esters is 1. The number of nitrogens with one attached hydrogen (secondary N) is 1. The van der Waals surface area contributed by atoms with Gasteiger partial charge in [0.25, 0.3) is 0 Å². The number of carbonyl (C=O) groups excluding carboxylic acids is 2. The van der Waals surface area contributed by atoms with Crippen LogP contribution in [0.2, 0.25) is 0 Å². The van der Waals surface area contributed by atoms with Gasteiger partial charge < -0.3 is 15.0 Å². The van der Waals surface area contributed by atoms with Gasteiger partial charge in [0.05, 0.1) is 12.1 Å². The molecule has 0 bridgehead atoms. The number of carbonyl (C=O) groups is 2. The summed E-state index contributed by atoms with van der Waals surface area (Å²) in [6.07, 6.45) is 1.17. The molecule has 0 aliphatic rings. The van der Waals surface area contributed by atoms with Gasteiger partial charge in [-0.15, -0.1) is 0 Å². The summed E-state index contributed by atoms with van der Waals surface area (Å²) in [5.41, 5.74) is 1.50. The second-order valence-electron chi connectivity index (χ2n) is 4.07. The SMILES string of the molecule is C=CC(=O)NCCOC(=O)c1ccc(N(C)C)cc1. The molecular formula is C14H18N2O3. The summed E-state index contributed by atoms with van der Waals surface area (Å²) in [6, 6.07) is 7.10. The first-order chi connectivity index (χ1) is 9.04. The Kier molecular flexibility index (Phi) is 5.60. The summed E-state index contributed by atoms with van der Waals surface area (Å²) in [6.45, 7) is 3.72. The van der Waals surface area contributed by atoms with Crippen LogP contribution in [0.25, 0.3) is 0 Å². The molecule has 0 aliphatic carbocycles. The van der Waals surface area contributed by atoms with E-state index in [-0.39, 0.29) is 19.1 Å². The summed E-state index contributed by atoms with van der Waals surface area (Å²) >= 11 is 0. The number of hydrogen-bond donors (Lipinski definition) is 1. The Labute approximate surface area is 112 Å². The molecule has 0 heterocycles. The summed E-state index contributed by atoms with van der Waals surface area (Å²) in [7, 11) is 3.85. The Morgan fingerprint density at radius 2 is 1.95 bits per heavy atom. The van der Waals surface area contributed by atoms with E-state index in [0.717, 1.165) is 5.69 Å². The van der Waals surface area contributed by atoms with Crippen LogP contribution in [0.15, 0.2) is 36.9 Å². The second kappa shape index (κ2) is 7.20. The van der Waals surface area contributed by atoms with Crippen molar-refractivity contribution in [3.63, 3.8) is 0 Å². The minimum atomic E-state index is -0.404. The highest BCUT2D eigenvalue weighted by Gasteiger charge is 2.07. The summed E-state index contributed by atoms with van der Waals surface area (Å²) in [5.74, 6) is -0.690. The largest absolute Gasteiger partial charge is 0.460 e. The molecule has 0 saturated heterocycles. The number of nitrogens with zero attached hydrogens (tertiary/aromatic N) is 1. The lowest BCUT2D eigenvalue weighted by molar-refractivity contribution is -0.116. The van der Waals surface area contributed by atoms with E-state index in [0.29, 0.717) is 5.56 Å². The van der Waals surface area contributed by atoms with E-state index in [1.807, 2.05) is 31.1 Å². The third kappa shape index (κ3) is 4.83. The second-order valence-corrected chi connectivity index (χ2v) is 4.07. The van der Waals surface area contributed by atoms with E-state index in [2.05, 4.69) is 11.9 Å². The fourth-order valence-corrected chi connectivity index (χ4v) is 1.37. The highest BCUT2D eigenvalue weighted by atomic mass is 16.5. The lowest BCUT2D eigenvalue weighted by atomic mass is 10.2. The van der Waals surface area contributed by atoms with Gasteiger partial charge in [0.15, 0.2) is 0 Å². The van der Waals surface area contributed by atoms with Crippen LogP contribution in [0, 0.1) is 0 Å². The van der Waals surface area contributed by atoms with Gasteiger partial charge in [0.2, 0.25) is 5.91 Å². The van der Waals surface area contributed by atoms with Gasteiger partial charge in [0, 0.05) is 19.8 Å². The molecule has 0 saturated carbocycles. The molecule has 0 fully saturated rings. The van der Waals surface area contributed by atoms with Gasteiger partial charge in [-0.2, -0.15) is 0 Å². The minimum Gasteiger partial charge on any atom is -0.460 e.